The van der Waals surface area contributed by atoms with E-state index in [4.69, 9.17) is 11.6 Å². The number of fused-ring (bicyclic) bond motifs is 1. The van der Waals surface area contributed by atoms with Gasteiger partial charge in [0.25, 0.3) is 0 Å². The largest absolute Gasteiger partial charge is 0.464 e. The van der Waals surface area contributed by atoms with Gasteiger partial charge in [0.1, 0.15) is 5.15 Å². The molecule has 0 N–H and O–H groups in total. The Bertz CT molecular complexity index is 533. The summed E-state index contributed by atoms with van der Waals surface area (Å²) >= 11 is 5.81. The summed E-state index contributed by atoms with van der Waals surface area (Å²) in [5, 5.41) is 1.16. The van der Waals surface area contributed by atoms with E-state index in [-0.39, 0.29) is 10.8 Å². The van der Waals surface area contributed by atoms with Gasteiger partial charge in [-0.1, -0.05) is 11.6 Å². The first-order chi connectivity index (χ1) is 7.13. The zero-order chi connectivity index (χ0) is 11.0. The number of hydrogen-bond acceptors (Lipinski definition) is 3. The molecule has 15 heavy (non-hydrogen) atoms. The van der Waals surface area contributed by atoms with Crippen molar-refractivity contribution in [2.24, 2.45) is 7.05 Å². The lowest BCUT2D eigenvalue weighted by Crippen LogP contribution is -2.07. The third-order valence-corrected chi connectivity index (χ3v) is 2.39. The molecule has 2 heterocycles. The van der Waals surface area contributed by atoms with E-state index >= 15 is 0 Å². The summed E-state index contributed by atoms with van der Waals surface area (Å²) in [6.07, 6.45) is 1.84. The van der Waals surface area contributed by atoms with Crippen molar-refractivity contribution in [3.8, 4) is 0 Å². The minimum absolute atomic E-state index is 0.243. The van der Waals surface area contributed by atoms with Gasteiger partial charge >= 0.3 is 5.97 Å². The second-order valence-electron chi connectivity index (χ2n) is 3.15. The van der Waals surface area contributed by atoms with Gasteiger partial charge in [-0.15, -0.1) is 0 Å². The van der Waals surface area contributed by atoms with Crippen LogP contribution in [-0.2, 0) is 11.8 Å². The Kier molecular flexibility index (Phi) is 2.36. The number of aromatic nitrogens is 2. The highest BCUT2D eigenvalue weighted by Gasteiger charge is 2.15. The number of carbonyl (C=O) groups is 1. The van der Waals surface area contributed by atoms with Crippen molar-refractivity contribution < 1.29 is 9.53 Å². The highest BCUT2D eigenvalue weighted by Crippen LogP contribution is 2.22. The van der Waals surface area contributed by atoms with Gasteiger partial charge in [0.2, 0.25) is 0 Å². The van der Waals surface area contributed by atoms with Crippen LogP contribution in [0.3, 0.4) is 0 Å². The molecule has 0 unspecified atom stereocenters. The average Bonchev–Trinajstić information content (AvgIpc) is 2.58. The van der Waals surface area contributed by atoms with Gasteiger partial charge in [-0.2, -0.15) is 0 Å². The van der Waals surface area contributed by atoms with Crippen molar-refractivity contribution in [2.45, 2.75) is 0 Å². The van der Waals surface area contributed by atoms with Crippen LogP contribution in [0.15, 0.2) is 18.3 Å². The van der Waals surface area contributed by atoms with Crippen LogP contribution in [0.1, 0.15) is 10.5 Å². The summed E-state index contributed by atoms with van der Waals surface area (Å²) in [6, 6.07) is 3.58. The SMILES string of the molecule is COC(=O)c1nc(Cl)cc2ccn(C)c12. The van der Waals surface area contributed by atoms with Gasteiger partial charge in [0.15, 0.2) is 5.69 Å². The Morgan fingerprint density at radius 2 is 2.33 bits per heavy atom. The number of hydrogen-bond donors (Lipinski definition) is 0. The summed E-state index contributed by atoms with van der Waals surface area (Å²) in [4.78, 5) is 15.4. The van der Waals surface area contributed by atoms with Crippen molar-refractivity contribution in [2.75, 3.05) is 7.11 Å². The van der Waals surface area contributed by atoms with E-state index in [1.807, 2.05) is 23.9 Å². The summed E-state index contributed by atoms with van der Waals surface area (Å²) in [5.41, 5.74) is 0.971. The molecule has 78 valence electrons. The Balaban J connectivity index is 2.80. The van der Waals surface area contributed by atoms with Crippen molar-refractivity contribution in [1.29, 1.82) is 0 Å². The Hall–Kier alpha value is -1.55. The smallest absolute Gasteiger partial charge is 0.358 e. The van der Waals surface area contributed by atoms with Crippen LogP contribution >= 0.6 is 11.6 Å². The number of aryl methyl sites for hydroxylation is 1. The zero-order valence-electron chi connectivity index (χ0n) is 8.32. The molecule has 2 aromatic heterocycles. The lowest BCUT2D eigenvalue weighted by molar-refractivity contribution is 0.0596. The normalized spacial score (nSPS) is 10.6. The van der Waals surface area contributed by atoms with Gasteiger partial charge in [-0.05, 0) is 12.1 Å². The molecule has 0 fully saturated rings. The Morgan fingerprint density at radius 1 is 1.60 bits per heavy atom. The maximum atomic E-state index is 11.5. The second-order valence-corrected chi connectivity index (χ2v) is 3.54. The highest BCUT2D eigenvalue weighted by atomic mass is 35.5. The van der Waals surface area contributed by atoms with Crippen LogP contribution in [0.25, 0.3) is 10.9 Å². The van der Waals surface area contributed by atoms with E-state index < -0.39 is 5.97 Å². The minimum Gasteiger partial charge on any atom is -0.464 e. The molecule has 0 saturated carbocycles. The van der Waals surface area contributed by atoms with Crippen molar-refractivity contribution in [1.82, 2.24) is 9.55 Å². The van der Waals surface area contributed by atoms with E-state index in [1.54, 1.807) is 6.07 Å². The molecule has 0 aromatic carbocycles. The molecule has 4 nitrogen and oxygen atoms in total. The molecule has 0 radical (unpaired) electrons. The molecule has 0 aliphatic carbocycles. The predicted molar refractivity (Wildman–Crippen MR) is 57.1 cm³/mol. The monoisotopic (exact) mass is 224 g/mol. The van der Waals surface area contributed by atoms with Gasteiger partial charge < -0.3 is 9.30 Å². The summed E-state index contributed by atoms with van der Waals surface area (Å²) < 4.78 is 6.46. The molecule has 0 atom stereocenters. The predicted octanol–water partition coefficient (Wildman–Crippen LogP) is 2.01. The molecule has 0 spiro atoms. The third kappa shape index (κ3) is 1.57. The number of nitrogens with zero attached hydrogens (tertiary/aromatic N) is 2. The van der Waals surface area contributed by atoms with Gasteiger partial charge in [-0.3, -0.25) is 0 Å². The standard InChI is InChI=1S/C10H9ClN2O2/c1-13-4-3-6-5-7(11)12-8(9(6)13)10(14)15-2/h3-5H,1-2H3. The lowest BCUT2D eigenvalue weighted by Gasteiger charge is -2.03. The van der Waals surface area contributed by atoms with Crippen molar-refractivity contribution in [3.63, 3.8) is 0 Å². The first-order valence-corrected chi connectivity index (χ1v) is 4.71. The van der Waals surface area contributed by atoms with E-state index in [0.717, 1.165) is 10.9 Å². The highest BCUT2D eigenvalue weighted by molar-refractivity contribution is 6.30. The van der Waals surface area contributed by atoms with Gasteiger partial charge in [0.05, 0.1) is 12.6 Å². The third-order valence-electron chi connectivity index (χ3n) is 2.20. The molecule has 0 aliphatic rings. The quantitative estimate of drug-likeness (QED) is 0.550. The van der Waals surface area contributed by atoms with Crippen LogP contribution in [0, 0.1) is 0 Å². The van der Waals surface area contributed by atoms with Crippen LogP contribution in [0.2, 0.25) is 5.15 Å². The summed E-state index contributed by atoms with van der Waals surface area (Å²) in [7, 11) is 3.16. The van der Waals surface area contributed by atoms with Gasteiger partial charge in [-0.25, -0.2) is 9.78 Å². The number of pyridine rings is 1. The molecular formula is C10H9ClN2O2. The average molecular weight is 225 g/mol. The fourth-order valence-corrected chi connectivity index (χ4v) is 1.73. The second kappa shape index (κ2) is 3.55. The zero-order valence-corrected chi connectivity index (χ0v) is 9.08. The minimum atomic E-state index is -0.482. The van der Waals surface area contributed by atoms with Gasteiger partial charge in [0, 0.05) is 18.6 Å². The molecule has 2 rings (SSSR count). The van der Waals surface area contributed by atoms with E-state index in [2.05, 4.69) is 9.72 Å². The van der Waals surface area contributed by atoms with Crippen molar-refractivity contribution >= 4 is 28.5 Å². The number of methoxy groups -OCH3 is 1. The van der Waals surface area contributed by atoms with Crippen LogP contribution in [0.4, 0.5) is 0 Å². The number of esters is 1. The number of rotatable bonds is 1. The summed E-state index contributed by atoms with van der Waals surface area (Å²) in [5.74, 6) is -0.482. The van der Waals surface area contributed by atoms with Crippen LogP contribution in [-0.4, -0.2) is 22.6 Å². The Labute approximate surface area is 91.4 Å². The maximum absolute atomic E-state index is 11.5. The van der Waals surface area contributed by atoms with Crippen LogP contribution < -0.4 is 0 Å². The molecule has 2 aromatic rings. The topological polar surface area (TPSA) is 44.1 Å². The lowest BCUT2D eigenvalue weighted by atomic mass is 10.2. The number of carbonyl (C=O) groups excluding carboxylic acids is 1. The molecule has 5 heteroatoms. The molecule has 0 aliphatic heterocycles. The van der Waals surface area contributed by atoms with E-state index in [0.29, 0.717) is 0 Å². The van der Waals surface area contributed by atoms with Crippen molar-refractivity contribution in [3.05, 3.63) is 29.2 Å². The van der Waals surface area contributed by atoms with Crippen LogP contribution in [0.5, 0.6) is 0 Å². The molecular weight excluding hydrogens is 216 g/mol. The number of ether oxygens (including phenoxy) is 1. The molecule has 0 bridgehead atoms. The fourth-order valence-electron chi connectivity index (χ4n) is 1.53. The van der Waals surface area contributed by atoms with E-state index in [1.165, 1.54) is 7.11 Å². The number of halogens is 1. The maximum Gasteiger partial charge on any atom is 0.358 e. The molecule has 0 saturated heterocycles. The first kappa shape index (κ1) is 9.98. The fraction of sp³-hybridized carbons (Fsp3) is 0.200. The van der Waals surface area contributed by atoms with E-state index in [9.17, 15) is 4.79 Å². The first-order valence-electron chi connectivity index (χ1n) is 4.33. The summed E-state index contributed by atoms with van der Waals surface area (Å²) in [6.45, 7) is 0. The molecule has 0 amide bonds. The Morgan fingerprint density at radius 3 is 3.00 bits per heavy atom.